The third-order valence-electron chi connectivity index (χ3n) is 7.85. The van der Waals surface area contributed by atoms with E-state index in [4.69, 9.17) is 11.6 Å². The second-order valence-electron chi connectivity index (χ2n) is 10.3. The molecule has 0 bridgehead atoms. The number of anilines is 1. The summed E-state index contributed by atoms with van der Waals surface area (Å²) in [4.78, 5) is 20.2. The number of carbonyl (C=O) groups is 1. The van der Waals surface area contributed by atoms with E-state index in [1.807, 2.05) is 4.90 Å². The Morgan fingerprint density at radius 1 is 1.11 bits per heavy atom. The van der Waals surface area contributed by atoms with Crippen LogP contribution in [0.25, 0.3) is 0 Å². The number of likely N-dealkylation sites (N-methyl/N-ethyl adjacent to an activating group) is 2. The average molecular weight is 501 g/mol. The highest BCUT2D eigenvalue weighted by Crippen LogP contribution is 2.65. The van der Waals surface area contributed by atoms with Gasteiger partial charge in [-0.25, -0.2) is 9.18 Å². The monoisotopic (exact) mass is 500 g/mol. The Hall–Kier alpha value is -2.15. The Balaban J connectivity index is 1.45. The van der Waals surface area contributed by atoms with Crippen molar-refractivity contribution in [2.45, 2.75) is 44.1 Å². The lowest BCUT2D eigenvalue weighted by molar-refractivity contribution is 0.171. The van der Waals surface area contributed by atoms with Crippen molar-refractivity contribution in [2.24, 2.45) is 5.92 Å². The van der Waals surface area contributed by atoms with Crippen molar-refractivity contribution in [3.8, 4) is 0 Å². The van der Waals surface area contributed by atoms with Gasteiger partial charge in [-0.1, -0.05) is 48.9 Å². The molecule has 1 N–H and O–H groups in total. The second kappa shape index (κ2) is 11.3. The van der Waals surface area contributed by atoms with Crippen LogP contribution in [0, 0.1) is 11.7 Å². The topological polar surface area (TPSA) is 38.8 Å². The number of nitrogens with one attached hydrogen (secondary N) is 1. The van der Waals surface area contributed by atoms with Gasteiger partial charge in [0.25, 0.3) is 0 Å². The first-order valence-electron chi connectivity index (χ1n) is 12.8. The molecule has 2 saturated carbocycles. The van der Waals surface area contributed by atoms with E-state index in [0.717, 1.165) is 51.9 Å². The number of benzene rings is 2. The minimum atomic E-state index is -0.486. The third-order valence-corrected chi connectivity index (χ3v) is 8.14. The molecule has 0 saturated heterocycles. The highest BCUT2D eigenvalue weighted by atomic mass is 35.5. The number of amides is 2. The van der Waals surface area contributed by atoms with E-state index in [1.165, 1.54) is 17.7 Å². The van der Waals surface area contributed by atoms with E-state index < -0.39 is 5.82 Å². The quantitative estimate of drug-likeness (QED) is 0.429. The first-order valence-corrected chi connectivity index (χ1v) is 13.2. The van der Waals surface area contributed by atoms with E-state index in [1.54, 1.807) is 6.07 Å². The Bertz CT molecular complexity index is 1000. The lowest BCUT2D eigenvalue weighted by atomic mass is 9.93. The van der Waals surface area contributed by atoms with Crippen LogP contribution in [0.2, 0.25) is 5.02 Å². The van der Waals surface area contributed by atoms with Crippen molar-refractivity contribution >= 4 is 23.3 Å². The number of nitrogens with zero attached hydrogens (tertiary/aromatic N) is 3. The zero-order valence-corrected chi connectivity index (χ0v) is 21.9. The fourth-order valence-electron chi connectivity index (χ4n) is 5.77. The zero-order chi connectivity index (χ0) is 25.0. The Morgan fingerprint density at radius 3 is 2.54 bits per heavy atom. The molecule has 5 nitrogen and oxygen atoms in total. The summed E-state index contributed by atoms with van der Waals surface area (Å²) in [5.41, 5.74) is 2.14. The molecule has 7 heteroatoms. The molecule has 2 aliphatic carbocycles. The summed E-state index contributed by atoms with van der Waals surface area (Å²) < 4.78 is 13.6. The van der Waals surface area contributed by atoms with Crippen LogP contribution in [-0.4, -0.2) is 73.6 Å². The van der Waals surface area contributed by atoms with E-state index in [2.05, 4.69) is 66.5 Å². The molecule has 0 aromatic heterocycles. The van der Waals surface area contributed by atoms with Gasteiger partial charge in [0.2, 0.25) is 0 Å². The molecule has 0 unspecified atom stereocenters. The molecule has 190 valence electrons. The van der Waals surface area contributed by atoms with E-state index in [0.29, 0.717) is 18.2 Å². The van der Waals surface area contributed by atoms with Gasteiger partial charge in [-0.3, -0.25) is 0 Å². The Labute approximate surface area is 214 Å². The summed E-state index contributed by atoms with van der Waals surface area (Å²) in [5, 5.41) is 3.00. The summed E-state index contributed by atoms with van der Waals surface area (Å²) in [6, 6.07) is 15.2. The maximum atomic E-state index is 13.6. The number of rotatable bonds is 11. The predicted molar refractivity (Wildman–Crippen MR) is 142 cm³/mol. The van der Waals surface area contributed by atoms with Crippen LogP contribution in [0.4, 0.5) is 14.9 Å². The Morgan fingerprint density at radius 2 is 1.89 bits per heavy atom. The number of fused-ring (bicyclic) bond motifs is 1. The molecule has 0 aliphatic heterocycles. The second-order valence-corrected chi connectivity index (χ2v) is 10.7. The Kier molecular flexibility index (Phi) is 8.35. The zero-order valence-electron chi connectivity index (χ0n) is 21.1. The van der Waals surface area contributed by atoms with Gasteiger partial charge < -0.3 is 20.0 Å². The highest BCUT2D eigenvalue weighted by Gasteiger charge is 2.63. The molecule has 0 heterocycles. The molecule has 2 aliphatic rings. The van der Waals surface area contributed by atoms with Crippen molar-refractivity contribution in [1.29, 1.82) is 0 Å². The van der Waals surface area contributed by atoms with Gasteiger partial charge in [0, 0.05) is 36.8 Å². The maximum absolute atomic E-state index is 13.6. The van der Waals surface area contributed by atoms with Crippen molar-refractivity contribution in [3.63, 3.8) is 0 Å². The standard InChI is InChI=1S/C28H38ClFN4O/c1-4-33(18-17-32(2)3)15-8-16-34(27(35)31-22-11-12-25(30)24(29)19-22)26-13-14-28(20-23(26)28)21-9-6-5-7-10-21/h5-7,9-12,19,23,26H,4,8,13-18,20H2,1-3H3,(H,31,35)/t23-,26-,28-/m1/s1. The summed E-state index contributed by atoms with van der Waals surface area (Å²) in [5.74, 6) is 0.00351. The van der Waals surface area contributed by atoms with Crippen LogP contribution in [0.5, 0.6) is 0 Å². The molecule has 35 heavy (non-hydrogen) atoms. The minimum absolute atomic E-state index is 0.0139. The SMILES string of the molecule is CCN(CCCN(C(=O)Nc1ccc(F)c(Cl)c1)[C@@H]1CC[C@]2(c3ccccc3)C[C@H]12)CCN(C)C. The van der Waals surface area contributed by atoms with E-state index in [-0.39, 0.29) is 22.5 Å². The summed E-state index contributed by atoms with van der Waals surface area (Å²) in [6.07, 6.45) is 4.18. The maximum Gasteiger partial charge on any atom is 0.322 e. The van der Waals surface area contributed by atoms with Gasteiger partial charge in [-0.05, 0) is 82.5 Å². The predicted octanol–water partition coefficient (Wildman–Crippen LogP) is 5.71. The van der Waals surface area contributed by atoms with Crippen molar-refractivity contribution in [3.05, 3.63) is 64.9 Å². The van der Waals surface area contributed by atoms with Gasteiger partial charge in [0.15, 0.2) is 0 Å². The molecule has 2 fully saturated rings. The molecule has 0 radical (unpaired) electrons. The molecule has 3 atom stereocenters. The van der Waals surface area contributed by atoms with Crippen LogP contribution >= 0.6 is 11.6 Å². The first kappa shape index (κ1) is 25.9. The lowest BCUT2D eigenvalue weighted by Crippen LogP contribution is -2.45. The van der Waals surface area contributed by atoms with Crippen molar-refractivity contribution < 1.29 is 9.18 Å². The number of hydrogen-bond donors (Lipinski definition) is 1. The van der Waals surface area contributed by atoms with E-state index in [9.17, 15) is 9.18 Å². The molecule has 2 amide bonds. The van der Waals surface area contributed by atoms with Gasteiger partial charge in [-0.2, -0.15) is 0 Å². The lowest BCUT2D eigenvalue weighted by Gasteiger charge is -2.31. The summed E-state index contributed by atoms with van der Waals surface area (Å²) in [6.45, 7) is 6.88. The number of hydrogen-bond acceptors (Lipinski definition) is 3. The van der Waals surface area contributed by atoms with Gasteiger partial charge in [0.05, 0.1) is 5.02 Å². The van der Waals surface area contributed by atoms with Gasteiger partial charge >= 0.3 is 6.03 Å². The fraction of sp³-hybridized carbons (Fsp3) is 0.536. The minimum Gasteiger partial charge on any atom is -0.321 e. The van der Waals surface area contributed by atoms with Crippen LogP contribution in [0.1, 0.15) is 38.2 Å². The fourth-order valence-corrected chi connectivity index (χ4v) is 5.95. The van der Waals surface area contributed by atoms with Crippen LogP contribution in [0.15, 0.2) is 48.5 Å². The van der Waals surface area contributed by atoms with Crippen LogP contribution in [-0.2, 0) is 5.41 Å². The summed E-state index contributed by atoms with van der Waals surface area (Å²) in [7, 11) is 4.19. The average Bonchev–Trinajstić information content (AvgIpc) is 3.48. The van der Waals surface area contributed by atoms with Gasteiger partial charge in [0.1, 0.15) is 5.82 Å². The molecular weight excluding hydrogens is 463 g/mol. The molecular formula is C28H38ClFN4O. The molecule has 0 spiro atoms. The van der Waals surface area contributed by atoms with Crippen LogP contribution < -0.4 is 5.32 Å². The number of urea groups is 1. The first-order chi connectivity index (χ1) is 16.8. The van der Waals surface area contributed by atoms with E-state index >= 15 is 0 Å². The number of halogens is 2. The third kappa shape index (κ3) is 5.99. The van der Waals surface area contributed by atoms with Crippen molar-refractivity contribution in [1.82, 2.24) is 14.7 Å². The van der Waals surface area contributed by atoms with Crippen LogP contribution in [0.3, 0.4) is 0 Å². The van der Waals surface area contributed by atoms with Gasteiger partial charge in [-0.15, -0.1) is 0 Å². The highest BCUT2D eigenvalue weighted by molar-refractivity contribution is 6.31. The largest absolute Gasteiger partial charge is 0.322 e. The summed E-state index contributed by atoms with van der Waals surface area (Å²) >= 11 is 5.96. The van der Waals surface area contributed by atoms with Crippen molar-refractivity contribution in [2.75, 3.05) is 52.1 Å². The number of carbonyl (C=O) groups excluding carboxylic acids is 1. The normalized spacial score (nSPS) is 22.9. The molecule has 2 aromatic carbocycles. The molecule has 4 rings (SSSR count). The smallest absolute Gasteiger partial charge is 0.321 e. The molecule has 2 aromatic rings.